The highest BCUT2D eigenvalue weighted by molar-refractivity contribution is 5.75. The summed E-state index contributed by atoms with van der Waals surface area (Å²) in [6.07, 6.45) is 0.870. The van der Waals surface area contributed by atoms with E-state index in [1.165, 1.54) is 5.56 Å². The van der Waals surface area contributed by atoms with Crippen LogP contribution in [0.1, 0.15) is 56.0 Å². The molecule has 28 heavy (non-hydrogen) atoms. The molecule has 0 aliphatic carbocycles. The molecular weight excluding hydrogens is 352 g/mol. The molecule has 5 heteroatoms. The van der Waals surface area contributed by atoms with Crippen LogP contribution in [0.3, 0.4) is 0 Å². The van der Waals surface area contributed by atoms with Crippen molar-refractivity contribution in [3.63, 3.8) is 0 Å². The van der Waals surface area contributed by atoms with Crippen molar-refractivity contribution < 1.29 is 14.3 Å². The molecular formula is C23H30N2O3. The van der Waals surface area contributed by atoms with Crippen molar-refractivity contribution in [3.8, 4) is 11.5 Å². The molecule has 0 aromatic heterocycles. The fourth-order valence-electron chi connectivity index (χ4n) is 3.54. The van der Waals surface area contributed by atoms with Crippen LogP contribution in [0.5, 0.6) is 11.5 Å². The standard InChI is InChI=1S/C23H30N2O3/c1-15(2)22(18-10-11-20-21(14-18)28-13-7-12-27-20)25-23(26)24-17(4)19-9-6-5-8-16(19)3/h5-6,8-11,14-15,17,22H,7,12-13H2,1-4H3,(H2,24,25,26). The third-order valence-corrected chi connectivity index (χ3v) is 5.09. The van der Waals surface area contributed by atoms with Crippen molar-refractivity contribution in [2.24, 2.45) is 5.92 Å². The number of hydrogen-bond donors (Lipinski definition) is 2. The lowest BCUT2D eigenvalue weighted by atomic mass is 9.95. The van der Waals surface area contributed by atoms with Crippen molar-refractivity contribution in [1.82, 2.24) is 10.6 Å². The maximum Gasteiger partial charge on any atom is 0.315 e. The molecule has 1 aliphatic rings. The van der Waals surface area contributed by atoms with E-state index in [-0.39, 0.29) is 24.0 Å². The molecule has 0 bridgehead atoms. The number of hydrogen-bond acceptors (Lipinski definition) is 3. The Bertz CT molecular complexity index is 819. The summed E-state index contributed by atoms with van der Waals surface area (Å²) in [5.41, 5.74) is 3.30. The number of carbonyl (C=O) groups is 1. The van der Waals surface area contributed by atoms with E-state index in [9.17, 15) is 4.79 Å². The first-order valence-electron chi connectivity index (χ1n) is 9.98. The van der Waals surface area contributed by atoms with Gasteiger partial charge in [0.2, 0.25) is 0 Å². The maximum absolute atomic E-state index is 12.7. The van der Waals surface area contributed by atoms with Gasteiger partial charge in [-0.05, 0) is 48.6 Å². The minimum Gasteiger partial charge on any atom is -0.490 e. The molecule has 2 amide bonds. The highest BCUT2D eigenvalue weighted by atomic mass is 16.5. The number of aryl methyl sites for hydroxylation is 1. The van der Waals surface area contributed by atoms with Crippen LogP contribution < -0.4 is 20.1 Å². The fourth-order valence-corrected chi connectivity index (χ4v) is 3.54. The van der Waals surface area contributed by atoms with Gasteiger partial charge in [0.1, 0.15) is 0 Å². The molecule has 0 spiro atoms. The predicted molar refractivity (Wildman–Crippen MR) is 111 cm³/mol. The number of nitrogens with one attached hydrogen (secondary N) is 2. The molecule has 0 fully saturated rings. The normalized spacial score (nSPS) is 15.5. The van der Waals surface area contributed by atoms with E-state index >= 15 is 0 Å². The van der Waals surface area contributed by atoms with E-state index in [2.05, 4.69) is 37.5 Å². The molecule has 1 heterocycles. The van der Waals surface area contributed by atoms with Crippen LogP contribution in [0.25, 0.3) is 0 Å². The second kappa shape index (κ2) is 9.00. The summed E-state index contributed by atoms with van der Waals surface area (Å²) < 4.78 is 11.5. The SMILES string of the molecule is Cc1ccccc1C(C)NC(=O)NC(c1ccc2c(c1)OCCCO2)C(C)C. The Morgan fingerprint density at radius 2 is 1.68 bits per heavy atom. The Balaban J connectivity index is 1.72. The quantitative estimate of drug-likeness (QED) is 0.772. The molecule has 5 nitrogen and oxygen atoms in total. The van der Waals surface area contributed by atoms with Gasteiger partial charge in [0.25, 0.3) is 0 Å². The Morgan fingerprint density at radius 1 is 0.964 bits per heavy atom. The number of urea groups is 1. The van der Waals surface area contributed by atoms with Crippen LogP contribution in [0.4, 0.5) is 4.79 Å². The first kappa shape index (κ1) is 20.1. The minimum atomic E-state index is -0.179. The van der Waals surface area contributed by atoms with Gasteiger partial charge in [0.15, 0.2) is 11.5 Å². The van der Waals surface area contributed by atoms with Gasteiger partial charge in [-0.3, -0.25) is 0 Å². The molecule has 0 saturated heterocycles. The first-order valence-corrected chi connectivity index (χ1v) is 9.98. The molecule has 2 aromatic carbocycles. The predicted octanol–water partition coefficient (Wildman–Crippen LogP) is 4.91. The van der Waals surface area contributed by atoms with Gasteiger partial charge in [0.05, 0.1) is 25.3 Å². The second-order valence-electron chi connectivity index (χ2n) is 7.67. The van der Waals surface area contributed by atoms with Crippen LogP contribution in [0.15, 0.2) is 42.5 Å². The summed E-state index contributed by atoms with van der Waals surface area (Å²) in [4.78, 5) is 12.7. The van der Waals surface area contributed by atoms with Crippen LogP contribution in [-0.4, -0.2) is 19.2 Å². The lowest BCUT2D eigenvalue weighted by Gasteiger charge is -2.25. The van der Waals surface area contributed by atoms with Crippen molar-refractivity contribution in [2.45, 2.75) is 46.2 Å². The summed E-state index contributed by atoms with van der Waals surface area (Å²) in [7, 11) is 0. The van der Waals surface area contributed by atoms with Crippen molar-refractivity contribution in [3.05, 3.63) is 59.2 Å². The topological polar surface area (TPSA) is 59.6 Å². The third kappa shape index (κ3) is 4.77. The molecule has 0 saturated carbocycles. The highest BCUT2D eigenvalue weighted by Gasteiger charge is 2.22. The average molecular weight is 383 g/mol. The minimum absolute atomic E-state index is 0.0715. The van der Waals surface area contributed by atoms with E-state index in [1.807, 2.05) is 43.3 Å². The van der Waals surface area contributed by atoms with Crippen molar-refractivity contribution in [2.75, 3.05) is 13.2 Å². The van der Waals surface area contributed by atoms with Gasteiger partial charge < -0.3 is 20.1 Å². The van der Waals surface area contributed by atoms with Crippen LogP contribution >= 0.6 is 0 Å². The summed E-state index contributed by atoms with van der Waals surface area (Å²) in [6, 6.07) is 13.6. The summed E-state index contributed by atoms with van der Waals surface area (Å²) in [5, 5.41) is 6.19. The summed E-state index contributed by atoms with van der Waals surface area (Å²) in [6.45, 7) is 9.56. The van der Waals surface area contributed by atoms with Crippen LogP contribution in [-0.2, 0) is 0 Å². The van der Waals surface area contributed by atoms with Gasteiger partial charge in [-0.25, -0.2) is 4.79 Å². The zero-order valence-corrected chi connectivity index (χ0v) is 17.1. The molecule has 2 atom stereocenters. The molecule has 3 rings (SSSR count). The number of amides is 2. The molecule has 0 radical (unpaired) electrons. The Morgan fingerprint density at radius 3 is 2.39 bits per heavy atom. The number of carbonyl (C=O) groups excluding carboxylic acids is 1. The molecule has 2 N–H and O–H groups in total. The molecule has 2 aromatic rings. The van der Waals surface area contributed by atoms with Crippen LogP contribution in [0, 0.1) is 12.8 Å². The Kier molecular flexibility index (Phi) is 6.45. The van der Waals surface area contributed by atoms with Crippen LogP contribution in [0.2, 0.25) is 0 Å². The second-order valence-corrected chi connectivity index (χ2v) is 7.67. The highest BCUT2D eigenvalue weighted by Crippen LogP contribution is 2.34. The van der Waals surface area contributed by atoms with E-state index in [0.29, 0.717) is 13.2 Å². The van der Waals surface area contributed by atoms with Crippen molar-refractivity contribution >= 4 is 6.03 Å². The molecule has 1 aliphatic heterocycles. The largest absolute Gasteiger partial charge is 0.490 e. The van der Waals surface area contributed by atoms with E-state index in [0.717, 1.165) is 29.0 Å². The number of fused-ring (bicyclic) bond motifs is 1. The zero-order valence-electron chi connectivity index (χ0n) is 17.1. The van der Waals surface area contributed by atoms with Gasteiger partial charge in [-0.1, -0.05) is 44.2 Å². The van der Waals surface area contributed by atoms with Gasteiger partial charge in [-0.2, -0.15) is 0 Å². The lowest BCUT2D eigenvalue weighted by molar-refractivity contribution is 0.230. The molecule has 2 unspecified atom stereocenters. The Labute approximate surface area is 167 Å². The zero-order chi connectivity index (χ0) is 20.1. The number of ether oxygens (including phenoxy) is 2. The fraction of sp³-hybridized carbons (Fsp3) is 0.435. The smallest absolute Gasteiger partial charge is 0.315 e. The van der Waals surface area contributed by atoms with Gasteiger partial charge >= 0.3 is 6.03 Å². The summed E-state index contributed by atoms with van der Waals surface area (Å²) >= 11 is 0. The van der Waals surface area contributed by atoms with Gasteiger partial charge in [-0.15, -0.1) is 0 Å². The molecule has 150 valence electrons. The van der Waals surface area contributed by atoms with E-state index < -0.39 is 0 Å². The van der Waals surface area contributed by atoms with Gasteiger partial charge in [0, 0.05) is 6.42 Å². The van der Waals surface area contributed by atoms with E-state index in [4.69, 9.17) is 9.47 Å². The Hall–Kier alpha value is -2.69. The lowest BCUT2D eigenvalue weighted by Crippen LogP contribution is -2.41. The number of rotatable bonds is 5. The van der Waals surface area contributed by atoms with Crippen molar-refractivity contribution in [1.29, 1.82) is 0 Å². The third-order valence-electron chi connectivity index (χ3n) is 5.09. The van der Waals surface area contributed by atoms with E-state index in [1.54, 1.807) is 0 Å². The summed E-state index contributed by atoms with van der Waals surface area (Å²) in [5.74, 6) is 1.74. The average Bonchev–Trinajstić information content (AvgIpc) is 2.91. The number of benzene rings is 2. The first-order chi connectivity index (χ1) is 13.5. The monoisotopic (exact) mass is 382 g/mol. The maximum atomic E-state index is 12.7.